The average molecular weight is 437 g/mol. The maximum absolute atomic E-state index is 17.2. The highest BCUT2D eigenvalue weighted by molar-refractivity contribution is 5.89. The van der Waals surface area contributed by atoms with E-state index in [9.17, 15) is 19.5 Å². The summed E-state index contributed by atoms with van der Waals surface area (Å²) in [5.41, 5.74) is -4.72. The summed E-state index contributed by atoms with van der Waals surface area (Å²) in [7, 11) is 0. The van der Waals surface area contributed by atoms with Gasteiger partial charge in [0.2, 0.25) is 0 Å². The van der Waals surface area contributed by atoms with Crippen LogP contribution in [0.4, 0.5) is 4.39 Å². The van der Waals surface area contributed by atoms with E-state index < -0.39 is 40.1 Å². The van der Waals surface area contributed by atoms with Gasteiger partial charge < -0.3 is 9.84 Å². The highest BCUT2D eigenvalue weighted by atomic mass is 19.1. The van der Waals surface area contributed by atoms with Gasteiger partial charge in [-0.1, -0.05) is 27.7 Å². The molecule has 0 aromatic carbocycles. The van der Waals surface area contributed by atoms with Crippen LogP contribution in [-0.2, 0) is 19.1 Å². The maximum Gasteiger partial charge on any atom is 0.306 e. The molecule has 174 valence electrons. The first-order chi connectivity index (χ1) is 14.4. The number of Topliss-reactive ketones (excluding diaryl/α,β-unsaturated/α-hetero) is 2. The van der Waals surface area contributed by atoms with Crippen molar-refractivity contribution in [3.63, 3.8) is 0 Å². The molecule has 0 amide bonds. The van der Waals surface area contributed by atoms with Crippen molar-refractivity contribution in [2.24, 2.45) is 34.5 Å². The highest BCUT2D eigenvalue weighted by Gasteiger charge is 2.77. The summed E-state index contributed by atoms with van der Waals surface area (Å²) in [5.74, 6) is -1.34. The molecule has 0 spiro atoms. The van der Waals surface area contributed by atoms with E-state index in [1.54, 1.807) is 6.92 Å². The van der Waals surface area contributed by atoms with E-state index in [2.05, 4.69) is 0 Å². The van der Waals surface area contributed by atoms with Gasteiger partial charge in [-0.25, -0.2) is 4.39 Å². The molecule has 5 nitrogen and oxygen atoms in total. The first-order valence-corrected chi connectivity index (χ1v) is 12.0. The predicted octanol–water partition coefficient (Wildman–Crippen LogP) is 4.19. The van der Waals surface area contributed by atoms with Crippen molar-refractivity contribution in [3.8, 4) is 0 Å². The number of carbonyl (C=O) groups excluding carboxylic acids is 3. The fourth-order valence-corrected chi connectivity index (χ4v) is 8.66. The number of aliphatic hydroxyl groups excluding tert-OH is 1. The summed E-state index contributed by atoms with van der Waals surface area (Å²) in [6.07, 6.45) is 2.14. The number of halogens is 1. The summed E-state index contributed by atoms with van der Waals surface area (Å²) in [6.45, 7) is 8.93. The average Bonchev–Trinajstić information content (AvgIpc) is 2.91. The first-order valence-electron chi connectivity index (χ1n) is 12.0. The Bertz CT molecular complexity index is 812. The summed E-state index contributed by atoms with van der Waals surface area (Å²) in [4.78, 5) is 37.6. The lowest BCUT2D eigenvalue weighted by atomic mass is 9.42. The third-order valence-corrected chi connectivity index (χ3v) is 10.2. The largest absolute Gasteiger partial charge is 0.450 e. The number of rotatable bonds is 3. The Morgan fingerprint density at radius 2 is 1.87 bits per heavy atom. The fraction of sp³-hybridized carbons (Fsp3) is 0.880. The molecule has 0 heterocycles. The predicted molar refractivity (Wildman–Crippen MR) is 113 cm³/mol. The molecular weight excluding hydrogens is 399 g/mol. The van der Waals surface area contributed by atoms with Gasteiger partial charge in [0, 0.05) is 36.0 Å². The zero-order valence-corrected chi connectivity index (χ0v) is 19.5. The summed E-state index contributed by atoms with van der Waals surface area (Å²) < 4.78 is 23.2. The van der Waals surface area contributed by atoms with Crippen LogP contribution >= 0.6 is 0 Å². The Kier molecular flexibility index (Phi) is 5.24. The minimum Gasteiger partial charge on any atom is -0.450 e. The van der Waals surface area contributed by atoms with Crippen LogP contribution in [0.1, 0.15) is 86.0 Å². The number of hydrogen-bond acceptors (Lipinski definition) is 5. The summed E-state index contributed by atoms with van der Waals surface area (Å²) >= 11 is 0. The van der Waals surface area contributed by atoms with Gasteiger partial charge in [0.1, 0.15) is 11.5 Å². The van der Waals surface area contributed by atoms with Crippen molar-refractivity contribution in [1.82, 2.24) is 0 Å². The van der Waals surface area contributed by atoms with E-state index in [-0.39, 0.29) is 42.2 Å². The molecule has 31 heavy (non-hydrogen) atoms. The van der Waals surface area contributed by atoms with Crippen molar-refractivity contribution >= 4 is 17.5 Å². The number of ketones is 2. The van der Waals surface area contributed by atoms with Crippen molar-refractivity contribution in [2.45, 2.75) is 103 Å². The Balaban J connectivity index is 1.80. The van der Waals surface area contributed by atoms with Gasteiger partial charge in [-0.3, -0.25) is 14.4 Å². The zero-order valence-electron chi connectivity index (χ0n) is 19.5. The van der Waals surface area contributed by atoms with Crippen molar-refractivity contribution in [3.05, 3.63) is 0 Å². The van der Waals surface area contributed by atoms with Crippen LogP contribution in [0.5, 0.6) is 0 Å². The molecule has 6 heteroatoms. The maximum atomic E-state index is 17.2. The molecule has 4 saturated carbocycles. The molecule has 0 aliphatic heterocycles. The van der Waals surface area contributed by atoms with Crippen LogP contribution in [0, 0.1) is 34.5 Å². The van der Waals surface area contributed by atoms with Crippen molar-refractivity contribution in [2.75, 3.05) is 0 Å². The lowest BCUT2D eigenvalue weighted by molar-refractivity contribution is -0.257. The number of aliphatic hydroxyl groups is 1. The molecule has 0 bridgehead atoms. The summed E-state index contributed by atoms with van der Waals surface area (Å²) in [6, 6.07) is 0. The number of alkyl halides is 1. The van der Waals surface area contributed by atoms with Crippen LogP contribution in [-0.4, -0.2) is 40.0 Å². The standard InChI is InChI=1S/C25H37FO5/c1-6-21(30)31-25(15(3)27)14(2)11-19-18-8-7-16-12-17(28)9-10-22(16,4)24(18,26)20(29)13-23(19,25)5/h14,16,18-20,29H,6-13H2,1-5H3/t14-,16+,18-,19-,20-,22-,23-,24-,25-/m0/s1. The zero-order chi connectivity index (χ0) is 23.0. The smallest absolute Gasteiger partial charge is 0.306 e. The SMILES string of the molecule is CCC(=O)O[C@]1(C(C)=O)[C@@H](C)C[C@H]2[C@@H]3CC[C@@H]4CC(=O)CC[C@]4(C)[C@@]3(F)[C@@H](O)C[C@@]21C. The lowest BCUT2D eigenvalue weighted by Gasteiger charge is -2.65. The number of carbonyl (C=O) groups is 3. The topological polar surface area (TPSA) is 80.7 Å². The molecule has 0 aromatic rings. The van der Waals surface area contributed by atoms with Crippen LogP contribution in [0.15, 0.2) is 0 Å². The lowest BCUT2D eigenvalue weighted by Crippen LogP contribution is -2.71. The number of esters is 1. The van der Waals surface area contributed by atoms with Gasteiger partial charge in [-0.15, -0.1) is 0 Å². The van der Waals surface area contributed by atoms with E-state index in [1.807, 2.05) is 20.8 Å². The van der Waals surface area contributed by atoms with Gasteiger partial charge in [0.15, 0.2) is 11.4 Å². The van der Waals surface area contributed by atoms with E-state index in [1.165, 1.54) is 6.92 Å². The molecule has 1 N–H and O–H groups in total. The minimum absolute atomic E-state index is 0.0525. The molecule has 0 aromatic heterocycles. The van der Waals surface area contributed by atoms with Gasteiger partial charge in [-0.05, 0) is 56.8 Å². The van der Waals surface area contributed by atoms with Gasteiger partial charge >= 0.3 is 5.97 Å². The van der Waals surface area contributed by atoms with Gasteiger partial charge in [-0.2, -0.15) is 0 Å². The van der Waals surface area contributed by atoms with Crippen LogP contribution in [0.3, 0.4) is 0 Å². The molecule has 0 radical (unpaired) electrons. The molecule has 4 aliphatic carbocycles. The summed E-state index contributed by atoms with van der Waals surface area (Å²) in [5, 5.41) is 11.4. The van der Waals surface area contributed by atoms with E-state index >= 15 is 4.39 Å². The van der Waals surface area contributed by atoms with E-state index in [0.717, 1.165) is 6.42 Å². The molecule has 0 saturated heterocycles. The Hall–Kier alpha value is -1.30. The Labute approximate surface area is 184 Å². The van der Waals surface area contributed by atoms with Crippen molar-refractivity contribution in [1.29, 1.82) is 0 Å². The molecular formula is C25H37FO5. The monoisotopic (exact) mass is 436 g/mol. The fourth-order valence-electron chi connectivity index (χ4n) is 8.66. The Morgan fingerprint density at radius 1 is 1.19 bits per heavy atom. The molecule has 4 aliphatic rings. The normalized spacial score (nSPS) is 51.5. The van der Waals surface area contributed by atoms with Crippen LogP contribution in [0.25, 0.3) is 0 Å². The second kappa shape index (κ2) is 7.10. The van der Waals surface area contributed by atoms with Crippen LogP contribution in [0.2, 0.25) is 0 Å². The molecule has 4 rings (SSSR count). The number of fused-ring (bicyclic) bond motifs is 5. The minimum atomic E-state index is -1.80. The quantitative estimate of drug-likeness (QED) is 0.671. The van der Waals surface area contributed by atoms with Crippen LogP contribution < -0.4 is 0 Å². The third-order valence-electron chi connectivity index (χ3n) is 10.2. The van der Waals surface area contributed by atoms with Crippen molar-refractivity contribution < 1.29 is 28.6 Å². The Morgan fingerprint density at radius 3 is 2.48 bits per heavy atom. The molecule has 9 atom stereocenters. The second-order valence-electron chi connectivity index (χ2n) is 11.3. The highest BCUT2D eigenvalue weighted by Crippen LogP contribution is 2.72. The van der Waals surface area contributed by atoms with E-state index in [4.69, 9.17) is 4.74 Å². The van der Waals surface area contributed by atoms with Gasteiger partial charge in [0.05, 0.1) is 6.10 Å². The number of hydrogen-bond donors (Lipinski definition) is 1. The van der Waals surface area contributed by atoms with E-state index in [0.29, 0.717) is 32.1 Å². The molecule has 0 unspecified atom stereocenters. The number of ether oxygens (including phenoxy) is 1. The first kappa shape index (κ1) is 22.9. The second-order valence-corrected chi connectivity index (χ2v) is 11.3. The molecule has 4 fully saturated rings. The van der Waals surface area contributed by atoms with Gasteiger partial charge in [0.25, 0.3) is 0 Å². The third kappa shape index (κ3) is 2.66.